The van der Waals surface area contributed by atoms with Gasteiger partial charge in [0.25, 0.3) is 0 Å². The van der Waals surface area contributed by atoms with Crippen LogP contribution in [0.5, 0.6) is 0 Å². The molecule has 2 N–H and O–H groups in total. The van der Waals surface area contributed by atoms with Gasteiger partial charge < -0.3 is 15.2 Å². The van der Waals surface area contributed by atoms with Crippen molar-refractivity contribution in [2.45, 2.75) is 19.4 Å². The number of piperazine rings is 1. The number of amides is 1. The Bertz CT molecular complexity index is 708. The average Bonchev–Trinajstić information content (AvgIpc) is 2.84. The van der Waals surface area contributed by atoms with E-state index in [-0.39, 0.29) is 5.91 Å². The van der Waals surface area contributed by atoms with E-state index in [0.29, 0.717) is 29.7 Å². The molecule has 3 rings (SSSR count). The summed E-state index contributed by atoms with van der Waals surface area (Å²) in [5.41, 5.74) is 0.483. The fourth-order valence-electron chi connectivity index (χ4n) is 2.83. The molecule has 0 saturated carbocycles. The molecule has 2 aromatic rings. The zero-order valence-corrected chi connectivity index (χ0v) is 12.0. The van der Waals surface area contributed by atoms with Gasteiger partial charge in [0.15, 0.2) is 0 Å². The van der Waals surface area contributed by atoms with Gasteiger partial charge in [0, 0.05) is 30.2 Å². The van der Waals surface area contributed by atoms with Crippen LogP contribution in [0.1, 0.15) is 19.5 Å². The molecule has 1 aromatic carbocycles. The number of nitrogens with one attached hydrogen (secondary N) is 2. The Labute approximate surface area is 121 Å². The van der Waals surface area contributed by atoms with Crippen LogP contribution in [0, 0.1) is 11.6 Å². The van der Waals surface area contributed by atoms with Crippen LogP contribution in [-0.4, -0.2) is 35.4 Å². The lowest BCUT2D eigenvalue weighted by Crippen LogP contribution is -2.55. The third-order valence-corrected chi connectivity index (χ3v) is 4.08. The molecule has 0 unspecified atom stereocenters. The molecular weight excluding hydrogens is 276 g/mol. The maximum Gasteiger partial charge on any atom is 0.237 e. The van der Waals surface area contributed by atoms with Crippen molar-refractivity contribution in [3.8, 4) is 0 Å². The third-order valence-electron chi connectivity index (χ3n) is 4.08. The number of H-pyrrole nitrogens is 1. The van der Waals surface area contributed by atoms with E-state index in [1.54, 1.807) is 11.0 Å². The Morgan fingerprint density at radius 2 is 2.00 bits per heavy atom. The number of fused-ring (bicyclic) bond motifs is 1. The highest BCUT2D eigenvalue weighted by atomic mass is 19.1. The normalized spacial score (nSPS) is 16.8. The number of hydrogen-bond acceptors (Lipinski definition) is 2. The van der Waals surface area contributed by atoms with Crippen molar-refractivity contribution >= 4 is 16.8 Å². The Kier molecular flexibility index (Phi) is 3.20. The summed E-state index contributed by atoms with van der Waals surface area (Å²) in [6, 6.07) is 3.78. The van der Waals surface area contributed by atoms with Crippen LogP contribution in [0.25, 0.3) is 10.9 Å². The van der Waals surface area contributed by atoms with E-state index in [0.717, 1.165) is 12.6 Å². The van der Waals surface area contributed by atoms with Gasteiger partial charge in [0.2, 0.25) is 5.91 Å². The molecule has 0 spiro atoms. The molecule has 4 nitrogen and oxygen atoms in total. The van der Waals surface area contributed by atoms with Crippen molar-refractivity contribution in [2.24, 2.45) is 0 Å². The molecule has 0 aliphatic carbocycles. The van der Waals surface area contributed by atoms with Gasteiger partial charge in [-0.3, -0.25) is 4.79 Å². The minimum Gasteiger partial charge on any atom is -0.356 e. The molecule has 1 saturated heterocycles. The Morgan fingerprint density at radius 3 is 2.71 bits per heavy atom. The monoisotopic (exact) mass is 293 g/mol. The molecule has 1 aliphatic heterocycles. The molecule has 1 fully saturated rings. The lowest BCUT2D eigenvalue weighted by atomic mass is 9.97. The molecule has 112 valence electrons. The number of rotatable bonds is 2. The van der Waals surface area contributed by atoms with Gasteiger partial charge in [-0.05, 0) is 26.0 Å². The van der Waals surface area contributed by atoms with E-state index in [9.17, 15) is 13.6 Å². The topological polar surface area (TPSA) is 48.1 Å². The Balaban J connectivity index is 2.06. The first-order chi connectivity index (χ1) is 9.89. The molecule has 0 radical (unpaired) electrons. The molecule has 0 atom stereocenters. The van der Waals surface area contributed by atoms with Gasteiger partial charge in [-0.1, -0.05) is 0 Å². The van der Waals surface area contributed by atoms with E-state index in [4.69, 9.17) is 0 Å². The van der Waals surface area contributed by atoms with Crippen LogP contribution in [0.2, 0.25) is 0 Å². The molecule has 1 amide bonds. The van der Waals surface area contributed by atoms with Crippen LogP contribution >= 0.6 is 0 Å². The highest BCUT2D eigenvalue weighted by Crippen LogP contribution is 2.31. The quantitative estimate of drug-likeness (QED) is 0.891. The molecule has 6 heteroatoms. The predicted molar refractivity (Wildman–Crippen MR) is 75.8 cm³/mol. The molecule has 0 bridgehead atoms. The lowest BCUT2D eigenvalue weighted by molar-refractivity contribution is -0.138. The van der Waals surface area contributed by atoms with E-state index in [1.807, 2.05) is 13.8 Å². The summed E-state index contributed by atoms with van der Waals surface area (Å²) in [6.07, 6.45) is 0. The SMILES string of the molecule is CC(C)(c1cc2c(F)cc(F)cc2[nH]1)N1CCNCC1=O. The Morgan fingerprint density at radius 1 is 1.24 bits per heavy atom. The summed E-state index contributed by atoms with van der Waals surface area (Å²) in [5, 5.41) is 3.36. The van der Waals surface area contributed by atoms with Gasteiger partial charge in [0.05, 0.1) is 17.6 Å². The number of carbonyl (C=O) groups excluding carboxylic acids is 1. The van der Waals surface area contributed by atoms with Gasteiger partial charge >= 0.3 is 0 Å². The molecule has 1 aromatic heterocycles. The van der Waals surface area contributed by atoms with E-state index >= 15 is 0 Å². The number of benzene rings is 1. The fraction of sp³-hybridized carbons (Fsp3) is 0.400. The first-order valence-electron chi connectivity index (χ1n) is 6.89. The van der Waals surface area contributed by atoms with Crippen molar-refractivity contribution < 1.29 is 13.6 Å². The summed E-state index contributed by atoms with van der Waals surface area (Å²) in [5.74, 6) is -1.23. The Hall–Kier alpha value is -1.95. The van der Waals surface area contributed by atoms with Crippen LogP contribution in [0.3, 0.4) is 0 Å². The minimum absolute atomic E-state index is 0.00319. The van der Waals surface area contributed by atoms with E-state index in [1.165, 1.54) is 6.07 Å². The largest absolute Gasteiger partial charge is 0.356 e. The number of aromatic amines is 1. The maximum absolute atomic E-state index is 13.8. The highest BCUT2D eigenvalue weighted by Gasteiger charge is 2.35. The van der Waals surface area contributed by atoms with Crippen LogP contribution < -0.4 is 5.32 Å². The summed E-state index contributed by atoms with van der Waals surface area (Å²) < 4.78 is 27.1. The van der Waals surface area contributed by atoms with E-state index < -0.39 is 17.2 Å². The van der Waals surface area contributed by atoms with Gasteiger partial charge in [0.1, 0.15) is 11.6 Å². The fourth-order valence-corrected chi connectivity index (χ4v) is 2.83. The average molecular weight is 293 g/mol. The first kappa shape index (κ1) is 14.0. The lowest BCUT2D eigenvalue weighted by Gasteiger charge is -2.40. The molecular formula is C15H17F2N3O. The van der Waals surface area contributed by atoms with Crippen LogP contribution in [-0.2, 0) is 10.3 Å². The maximum atomic E-state index is 13.8. The van der Waals surface area contributed by atoms with Crippen molar-refractivity contribution in [1.29, 1.82) is 0 Å². The highest BCUT2D eigenvalue weighted by molar-refractivity contribution is 5.83. The number of carbonyl (C=O) groups is 1. The van der Waals surface area contributed by atoms with Crippen molar-refractivity contribution in [3.05, 3.63) is 35.5 Å². The zero-order valence-electron chi connectivity index (χ0n) is 12.0. The first-order valence-corrected chi connectivity index (χ1v) is 6.89. The summed E-state index contributed by atoms with van der Waals surface area (Å²) in [4.78, 5) is 16.9. The van der Waals surface area contributed by atoms with Gasteiger partial charge in [-0.2, -0.15) is 0 Å². The second-order valence-corrected chi connectivity index (χ2v) is 5.81. The molecule has 2 heterocycles. The summed E-state index contributed by atoms with van der Waals surface area (Å²) >= 11 is 0. The zero-order chi connectivity index (χ0) is 15.2. The summed E-state index contributed by atoms with van der Waals surface area (Å²) in [7, 11) is 0. The van der Waals surface area contributed by atoms with Gasteiger partial charge in [-0.15, -0.1) is 0 Å². The number of aromatic nitrogens is 1. The number of nitrogens with zero attached hydrogens (tertiary/aromatic N) is 1. The smallest absolute Gasteiger partial charge is 0.237 e. The minimum atomic E-state index is -0.621. The van der Waals surface area contributed by atoms with Crippen molar-refractivity contribution in [3.63, 3.8) is 0 Å². The summed E-state index contributed by atoms with van der Waals surface area (Å²) in [6.45, 7) is 5.40. The van der Waals surface area contributed by atoms with Gasteiger partial charge in [-0.25, -0.2) is 8.78 Å². The third kappa shape index (κ3) is 2.29. The molecule has 21 heavy (non-hydrogen) atoms. The van der Waals surface area contributed by atoms with Crippen LogP contribution in [0.15, 0.2) is 18.2 Å². The van der Waals surface area contributed by atoms with Crippen molar-refractivity contribution in [2.75, 3.05) is 19.6 Å². The second-order valence-electron chi connectivity index (χ2n) is 5.81. The van der Waals surface area contributed by atoms with Crippen LogP contribution in [0.4, 0.5) is 8.78 Å². The number of hydrogen-bond donors (Lipinski definition) is 2. The second kappa shape index (κ2) is 4.80. The predicted octanol–water partition coefficient (Wildman–Crippen LogP) is 2.11. The van der Waals surface area contributed by atoms with Crippen molar-refractivity contribution in [1.82, 2.24) is 15.2 Å². The molecule has 1 aliphatic rings. The van der Waals surface area contributed by atoms with E-state index in [2.05, 4.69) is 10.3 Å². The number of halogens is 2. The standard InChI is InChI=1S/C15H17F2N3O/c1-15(2,20-4-3-18-8-14(20)21)13-7-10-11(17)5-9(16)6-12(10)19-13/h5-7,18-19H,3-4,8H2,1-2H3.